The summed E-state index contributed by atoms with van der Waals surface area (Å²) < 4.78 is 2.27. The highest BCUT2D eigenvalue weighted by molar-refractivity contribution is 5.92. The third kappa shape index (κ3) is 2.39. The fraction of sp³-hybridized carbons (Fsp3) is 0.409. The van der Waals surface area contributed by atoms with E-state index in [0.717, 1.165) is 12.8 Å². The van der Waals surface area contributed by atoms with E-state index in [2.05, 4.69) is 64.5 Å². The molecule has 1 N–H and O–H groups in total. The van der Waals surface area contributed by atoms with E-state index in [-0.39, 0.29) is 0 Å². The normalized spacial score (nSPS) is 19.5. The van der Waals surface area contributed by atoms with Crippen LogP contribution < -0.4 is 0 Å². The number of hydrogen-bond acceptors (Lipinski definition) is 2. The molecule has 0 aliphatic heterocycles. The topological polar surface area (TPSA) is 36.9 Å². The highest BCUT2D eigenvalue weighted by atomic mass is 15.2. The Kier molecular flexibility index (Phi) is 3.49. The molecule has 0 bridgehead atoms. The maximum atomic E-state index is 4.59. The van der Waals surface area contributed by atoms with E-state index in [1.807, 2.05) is 6.20 Å². The van der Waals surface area contributed by atoms with Gasteiger partial charge < -0.3 is 9.47 Å². The Morgan fingerprint density at radius 1 is 1.27 bits per heavy atom. The van der Waals surface area contributed by atoms with Crippen molar-refractivity contribution in [1.82, 2.24) is 19.7 Å². The lowest BCUT2D eigenvalue weighted by atomic mass is 9.91. The van der Waals surface area contributed by atoms with Crippen LogP contribution in [0.3, 0.4) is 0 Å². The Morgan fingerprint density at radius 2 is 2.12 bits per heavy atom. The predicted octanol–water partition coefficient (Wildman–Crippen LogP) is 4.20. The van der Waals surface area contributed by atoms with Gasteiger partial charge >= 0.3 is 0 Å². The summed E-state index contributed by atoms with van der Waals surface area (Å²) in [6.45, 7) is 6.76. The molecule has 4 heteroatoms. The van der Waals surface area contributed by atoms with Gasteiger partial charge in [0.2, 0.25) is 0 Å². The van der Waals surface area contributed by atoms with Crippen LogP contribution in [-0.4, -0.2) is 31.7 Å². The first kappa shape index (κ1) is 15.7. The van der Waals surface area contributed by atoms with Gasteiger partial charge in [0.05, 0.1) is 6.20 Å². The summed E-state index contributed by atoms with van der Waals surface area (Å²) in [6.07, 6.45) is 7.93. The van der Waals surface area contributed by atoms with E-state index in [1.165, 1.54) is 58.4 Å². The average molecular weight is 346 g/mol. The van der Waals surface area contributed by atoms with Gasteiger partial charge in [-0.2, -0.15) is 5.10 Å². The second-order valence-corrected chi connectivity index (χ2v) is 7.94. The summed E-state index contributed by atoms with van der Waals surface area (Å²) in [4.78, 5) is 2.63. The van der Waals surface area contributed by atoms with Crippen LogP contribution in [0.25, 0.3) is 16.6 Å². The van der Waals surface area contributed by atoms with Gasteiger partial charge in [-0.15, -0.1) is 0 Å². The second-order valence-electron chi connectivity index (χ2n) is 7.94. The number of nitrogens with one attached hydrogen (secondary N) is 1. The van der Waals surface area contributed by atoms with Crippen molar-refractivity contribution in [3.8, 4) is 0 Å². The van der Waals surface area contributed by atoms with Crippen LogP contribution in [0.4, 0.5) is 0 Å². The predicted molar refractivity (Wildman–Crippen MR) is 106 cm³/mol. The highest BCUT2D eigenvalue weighted by Gasteiger charge is 2.37. The van der Waals surface area contributed by atoms with Crippen LogP contribution in [0.1, 0.15) is 41.8 Å². The van der Waals surface area contributed by atoms with Crippen LogP contribution in [0.5, 0.6) is 0 Å². The lowest BCUT2D eigenvalue weighted by Crippen LogP contribution is -2.39. The van der Waals surface area contributed by atoms with Gasteiger partial charge in [0.15, 0.2) is 0 Å². The van der Waals surface area contributed by atoms with E-state index in [0.29, 0.717) is 12.1 Å². The van der Waals surface area contributed by atoms with Gasteiger partial charge in [0.25, 0.3) is 0 Å². The third-order valence-electron chi connectivity index (χ3n) is 6.27. The summed E-state index contributed by atoms with van der Waals surface area (Å²) in [7, 11) is 2.14. The standard InChI is InChI=1S/C22H26N4/c1-14-11-20-19(5-4-6-22(20)25(14)3)15(2)26(17-7-8-17)18-9-10-21-16(12-18)13-23-24-21/h4-6,11,13,17-18H,2,7-10,12H2,1,3H3,(H,23,24). The number of nitrogens with zero attached hydrogens (tertiary/aromatic N) is 3. The zero-order valence-corrected chi connectivity index (χ0v) is 15.6. The molecule has 1 saturated carbocycles. The molecule has 134 valence electrons. The number of H-pyrrole nitrogens is 1. The second kappa shape index (κ2) is 5.76. The van der Waals surface area contributed by atoms with Crippen molar-refractivity contribution in [3.05, 3.63) is 59.6 Å². The van der Waals surface area contributed by atoms with Crippen molar-refractivity contribution in [2.24, 2.45) is 7.05 Å². The van der Waals surface area contributed by atoms with Gasteiger partial charge in [-0.25, -0.2) is 0 Å². The van der Waals surface area contributed by atoms with Crippen LogP contribution in [0, 0.1) is 6.92 Å². The van der Waals surface area contributed by atoms with E-state index in [9.17, 15) is 0 Å². The van der Waals surface area contributed by atoms with E-state index in [4.69, 9.17) is 0 Å². The number of aromatic nitrogens is 3. The minimum Gasteiger partial charge on any atom is -0.365 e. The fourth-order valence-electron chi connectivity index (χ4n) is 4.61. The first-order valence-corrected chi connectivity index (χ1v) is 9.67. The zero-order chi connectivity index (χ0) is 17.8. The summed E-state index contributed by atoms with van der Waals surface area (Å²) in [5, 5.41) is 8.73. The van der Waals surface area contributed by atoms with E-state index < -0.39 is 0 Å². The fourth-order valence-corrected chi connectivity index (χ4v) is 4.61. The van der Waals surface area contributed by atoms with Crippen LogP contribution >= 0.6 is 0 Å². The van der Waals surface area contributed by atoms with Gasteiger partial charge in [-0.3, -0.25) is 5.10 Å². The van der Waals surface area contributed by atoms with Gasteiger partial charge in [-0.05, 0) is 56.7 Å². The molecule has 0 saturated heterocycles. The Bertz CT molecular complexity index is 989. The molecule has 0 spiro atoms. The summed E-state index contributed by atoms with van der Waals surface area (Å²) in [6, 6.07) is 10.1. The van der Waals surface area contributed by atoms with Crippen molar-refractivity contribution < 1.29 is 0 Å². The van der Waals surface area contributed by atoms with Crippen molar-refractivity contribution in [2.45, 2.75) is 51.1 Å². The molecular weight excluding hydrogens is 320 g/mol. The SMILES string of the molecule is C=C(c1cccc2c1cc(C)n2C)N(C1CC1)C1CCc2[nH]ncc2C1. The Morgan fingerprint density at radius 3 is 2.92 bits per heavy atom. The lowest BCUT2D eigenvalue weighted by molar-refractivity contribution is 0.259. The Balaban J connectivity index is 1.53. The quantitative estimate of drug-likeness (QED) is 0.768. The number of aromatic amines is 1. The maximum absolute atomic E-state index is 4.59. The molecule has 0 amide bonds. The van der Waals surface area contributed by atoms with Crippen LogP contribution in [0.15, 0.2) is 37.0 Å². The minimum absolute atomic E-state index is 0.528. The van der Waals surface area contributed by atoms with Crippen molar-refractivity contribution in [3.63, 3.8) is 0 Å². The number of benzene rings is 1. The number of hydrogen-bond donors (Lipinski definition) is 1. The molecule has 2 heterocycles. The summed E-state index contributed by atoms with van der Waals surface area (Å²) in [5.41, 5.74) is 7.77. The minimum atomic E-state index is 0.528. The highest BCUT2D eigenvalue weighted by Crippen LogP contribution is 2.40. The Labute approximate surface area is 154 Å². The molecule has 5 rings (SSSR count). The molecule has 0 radical (unpaired) electrons. The molecule has 4 nitrogen and oxygen atoms in total. The lowest BCUT2D eigenvalue weighted by Gasteiger charge is -2.37. The molecular formula is C22H26N4. The molecule has 26 heavy (non-hydrogen) atoms. The van der Waals surface area contributed by atoms with Crippen LogP contribution in [-0.2, 0) is 19.9 Å². The maximum Gasteiger partial charge on any atom is 0.0522 e. The average Bonchev–Trinajstić information content (AvgIpc) is 3.28. The molecule has 1 unspecified atom stereocenters. The Hall–Kier alpha value is -2.49. The molecule has 2 aliphatic rings. The van der Waals surface area contributed by atoms with Gasteiger partial charge in [-0.1, -0.05) is 18.7 Å². The van der Waals surface area contributed by atoms with Gasteiger partial charge in [0, 0.05) is 52.7 Å². The number of fused-ring (bicyclic) bond motifs is 2. The van der Waals surface area contributed by atoms with Crippen LogP contribution in [0.2, 0.25) is 0 Å². The number of aryl methyl sites for hydroxylation is 3. The first-order valence-electron chi connectivity index (χ1n) is 9.67. The smallest absolute Gasteiger partial charge is 0.0522 e. The number of rotatable bonds is 4. The molecule has 1 fully saturated rings. The third-order valence-corrected chi connectivity index (χ3v) is 6.27. The van der Waals surface area contributed by atoms with E-state index >= 15 is 0 Å². The van der Waals surface area contributed by atoms with Crippen molar-refractivity contribution in [2.75, 3.05) is 0 Å². The van der Waals surface area contributed by atoms with Gasteiger partial charge in [0.1, 0.15) is 0 Å². The molecule has 2 aliphatic carbocycles. The monoisotopic (exact) mass is 346 g/mol. The molecule has 2 aromatic heterocycles. The van der Waals surface area contributed by atoms with E-state index in [1.54, 1.807) is 0 Å². The zero-order valence-electron chi connectivity index (χ0n) is 15.6. The largest absolute Gasteiger partial charge is 0.365 e. The molecule has 3 aromatic rings. The first-order chi connectivity index (χ1) is 12.6. The summed E-state index contributed by atoms with van der Waals surface area (Å²) >= 11 is 0. The molecule has 1 aromatic carbocycles. The summed E-state index contributed by atoms with van der Waals surface area (Å²) in [5.74, 6) is 0. The van der Waals surface area contributed by atoms with Crippen molar-refractivity contribution >= 4 is 16.6 Å². The molecule has 1 atom stereocenters. The van der Waals surface area contributed by atoms with Crippen molar-refractivity contribution in [1.29, 1.82) is 0 Å².